The fourth-order valence-corrected chi connectivity index (χ4v) is 3.66. The molecule has 3 aromatic heterocycles. The number of anilines is 4. The van der Waals surface area contributed by atoms with Crippen LogP contribution in [0.2, 0.25) is 0 Å². The van der Waals surface area contributed by atoms with Gasteiger partial charge in [0.2, 0.25) is 5.95 Å². The first-order chi connectivity index (χ1) is 17.6. The Morgan fingerprint density at radius 1 is 1.00 bits per heavy atom. The zero-order valence-electron chi connectivity index (χ0n) is 19.5. The zero-order valence-corrected chi connectivity index (χ0v) is 19.5. The Morgan fingerprint density at radius 2 is 1.83 bits per heavy atom. The second kappa shape index (κ2) is 10.8. The van der Waals surface area contributed by atoms with Gasteiger partial charge in [0.05, 0.1) is 43.2 Å². The van der Waals surface area contributed by atoms with Crippen molar-refractivity contribution in [1.29, 1.82) is 0 Å². The van der Waals surface area contributed by atoms with E-state index >= 15 is 0 Å². The van der Waals surface area contributed by atoms with Crippen LogP contribution in [0, 0.1) is 12.7 Å². The van der Waals surface area contributed by atoms with E-state index in [9.17, 15) is 4.39 Å². The van der Waals surface area contributed by atoms with E-state index in [0.29, 0.717) is 37.8 Å². The SMILES string of the molecule is Cc1cc(Nc2ccc(/C=N/Nc3ncc(F)c(N4CCOCC4)n3)nc2)cc(-c2ncncn2)c1. The van der Waals surface area contributed by atoms with Crippen LogP contribution in [-0.2, 0) is 4.74 Å². The van der Waals surface area contributed by atoms with E-state index in [2.05, 4.69) is 45.7 Å². The van der Waals surface area contributed by atoms with E-state index in [1.807, 2.05) is 42.2 Å². The lowest BCUT2D eigenvalue weighted by atomic mass is 10.1. The Morgan fingerprint density at radius 3 is 2.61 bits per heavy atom. The summed E-state index contributed by atoms with van der Waals surface area (Å²) in [6.07, 6.45) is 7.32. The number of benzene rings is 1. The predicted molar refractivity (Wildman–Crippen MR) is 134 cm³/mol. The monoisotopic (exact) mass is 486 g/mol. The number of pyridine rings is 1. The van der Waals surface area contributed by atoms with E-state index in [1.54, 1.807) is 6.20 Å². The van der Waals surface area contributed by atoms with Crippen LogP contribution in [0.4, 0.5) is 27.5 Å². The number of ether oxygens (including phenoxy) is 1. The molecule has 1 saturated heterocycles. The first-order valence-electron chi connectivity index (χ1n) is 11.3. The van der Waals surface area contributed by atoms with Gasteiger partial charge in [0.1, 0.15) is 12.7 Å². The highest BCUT2D eigenvalue weighted by atomic mass is 19.1. The maximum absolute atomic E-state index is 14.2. The van der Waals surface area contributed by atoms with Crippen LogP contribution in [0.3, 0.4) is 0 Å². The van der Waals surface area contributed by atoms with E-state index in [-0.39, 0.29) is 11.8 Å². The lowest BCUT2D eigenvalue weighted by molar-refractivity contribution is 0.122. The topological polar surface area (TPSA) is 126 Å². The van der Waals surface area contributed by atoms with Gasteiger partial charge in [-0.15, -0.1) is 0 Å². The standard InChI is InChI=1S/C24H23FN10O/c1-16-8-17(22-29-14-26-15-30-22)10-20(9-16)32-19-3-2-18(27-11-19)12-31-34-24-28-13-21(25)23(33-24)35-4-6-36-7-5-35/h2-3,8-15,32H,4-7H2,1H3,(H,28,33,34)/b31-12+. The van der Waals surface area contributed by atoms with E-state index in [0.717, 1.165) is 28.7 Å². The number of hydrazone groups is 1. The summed E-state index contributed by atoms with van der Waals surface area (Å²) in [4.78, 5) is 26.7. The van der Waals surface area contributed by atoms with Gasteiger partial charge in [-0.05, 0) is 42.8 Å². The second-order valence-electron chi connectivity index (χ2n) is 7.98. The smallest absolute Gasteiger partial charge is 0.245 e. The highest BCUT2D eigenvalue weighted by Crippen LogP contribution is 2.24. The molecular weight excluding hydrogens is 463 g/mol. The summed E-state index contributed by atoms with van der Waals surface area (Å²) in [5.41, 5.74) is 7.01. The molecule has 0 radical (unpaired) electrons. The summed E-state index contributed by atoms with van der Waals surface area (Å²) < 4.78 is 19.5. The van der Waals surface area contributed by atoms with E-state index < -0.39 is 5.82 Å². The molecule has 1 aliphatic heterocycles. The molecular formula is C24H23FN10O. The molecule has 1 aromatic carbocycles. The van der Waals surface area contributed by atoms with Gasteiger partial charge < -0.3 is 15.0 Å². The van der Waals surface area contributed by atoms with Crippen molar-refractivity contribution in [3.8, 4) is 11.4 Å². The lowest BCUT2D eigenvalue weighted by Gasteiger charge is -2.27. The van der Waals surface area contributed by atoms with Crippen molar-refractivity contribution in [2.75, 3.05) is 41.9 Å². The number of aromatic nitrogens is 6. The van der Waals surface area contributed by atoms with Crippen molar-refractivity contribution in [3.05, 3.63) is 72.5 Å². The number of halogens is 1. The average molecular weight is 487 g/mol. The number of hydrogen-bond acceptors (Lipinski definition) is 11. The van der Waals surface area contributed by atoms with Crippen molar-refractivity contribution in [2.45, 2.75) is 6.92 Å². The van der Waals surface area contributed by atoms with Gasteiger partial charge in [-0.25, -0.2) is 29.8 Å². The van der Waals surface area contributed by atoms with E-state index in [1.165, 1.54) is 18.9 Å². The molecule has 1 fully saturated rings. The van der Waals surface area contributed by atoms with Crippen LogP contribution in [0.25, 0.3) is 11.4 Å². The minimum Gasteiger partial charge on any atom is -0.378 e. The van der Waals surface area contributed by atoms with E-state index in [4.69, 9.17) is 4.74 Å². The summed E-state index contributed by atoms with van der Waals surface area (Å²) in [6, 6.07) is 9.72. The van der Waals surface area contributed by atoms with Gasteiger partial charge in [-0.1, -0.05) is 0 Å². The molecule has 0 atom stereocenters. The minimum absolute atomic E-state index is 0.195. The van der Waals surface area contributed by atoms with Crippen molar-refractivity contribution in [2.24, 2.45) is 5.10 Å². The third-order valence-electron chi connectivity index (χ3n) is 5.30. The highest BCUT2D eigenvalue weighted by molar-refractivity contribution is 5.78. The van der Waals surface area contributed by atoms with Crippen LogP contribution in [0.1, 0.15) is 11.3 Å². The Hall–Kier alpha value is -4.58. The zero-order chi connectivity index (χ0) is 24.7. The second-order valence-corrected chi connectivity index (χ2v) is 7.98. The first kappa shape index (κ1) is 23.2. The average Bonchev–Trinajstić information content (AvgIpc) is 2.91. The van der Waals surface area contributed by atoms with Crippen LogP contribution >= 0.6 is 0 Å². The summed E-state index contributed by atoms with van der Waals surface area (Å²) in [5.74, 6) is 0.552. The molecule has 11 nitrogen and oxygen atoms in total. The third-order valence-corrected chi connectivity index (χ3v) is 5.30. The molecule has 36 heavy (non-hydrogen) atoms. The Balaban J connectivity index is 1.22. The van der Waals surface area contributed by atoms with Crippen LogP contribution in [0.5, 0.6) is 0 Å². The molecule has 0 saturated carbocycles. The van der Waals surface area contributed by atoms with Crippen LogP contribution < -0.4 is 15.6 Å². The molecule has 0 unspecified atom stereocenters. The fourth-order valence-electron chi connectivity index (χ4n) is 3.66. The molecule has 2 N–H and O–H groups in total. The Bertz CT molecular complexity index is 1350. The molecule has 4 aromatic rings. The van der Waals surface area contributed by atoms with Gasteiger partial charge >= 0.3 is 0 Å². The highest BCUT2D eigenvalue weighted by Gasteiger charge is 2.17. The van der Waals surface area contributed by atoms with Crippen molar-refractivity contribution < 1.29 is 9.13 Å². The summed E-state index contributed by atoms with van der Waals surface area (Å²) in [7, 11) is 0. The molecule has 0 aliphatic carbocycles. The number of morpholine rings is 1. The molecule has 0 bridgehead atoms. The summed E-state index contributed by atoms with van der Waals surface area (Å²) in [5, 5.41) is 7.47. The molecule has 182 valence electrons. The maximum atomic E-state index is 14.2. The first-order valence-corrected chi connectivity index (χ1v) is 11.3. The number of aryl methyl sites for hydroxylation is 1. The fraction of sp³-hybridized carbons (Fsp3) is 0.208. The Labute approximate surface area is 206 Å². The predicted octanol–water partition coefficient (Wildman–Crippen LogP) is 3.20. The third kappa shape index (κ3) is 5.73. The quantitative estimate of drug-likeness (QED) is 0.297. The van der Waals surface area contributed by atoms with Crippen LogP contribution in [0.15, 0.2) is 60.5 Å². The van der Waals surface area contributed by atoms with Crippen molar-refractivity contribution >= 4 is 29.4 Å². The van der Waals surface area contributed by atoms with Gasteiger partial charge in [-0.2, -0.15) is 10.1 Å². The molecule has 0 amide bonds. The molecule has 12 heteroatoms. The van der Waals surface area contributed by atoms with Gasteiger partial charge in [-0.3, -0.25) is 4.98 Å². The van der Waals surface area contributed by atoms with Gasteiger partial charge in [0.15, 0.2) is 17.5 Å². The normalized spacial score (nSPS) is 13.7. The maximum Gasteiger partial charge on any atom is 0.245 e. The molecule has 1 aliphatic rings. The Kier molecular flexibility index (Phi) is 6.94. The molecule has 0 spiro atoms. The van der Waals surface area contributed by atoms with Gasteiger partial charge in [0, 0.05) is 24.3 Å². The minimum atomic E-state index is -0.481. The molecule has 5 rings (SSSR count). The number of nitrogens with one attached hydrogen (secondary N) is 2. The largest absolute Gasteiger partial charge is 0.378 e. The number of hydrogen-bond donors (Lipinski definition) is 2. The lowest BCUT2D eigenvalue weighted by Crippen LogP contribution is -2.37. The molecule has 4 heterocycles. The number of nitrogens with zero attached hydrogens (tertiary/aromatic N) is 8. The number of rotatable bonds is 7. The van der Waals surface area contributed by atoms with Crippen molar-refractivity contribution in [1.82, 2.24) is 29.9 Å². The summed E-state index contributed by atoms with van der Waals surface area (Å²) >= 11 is 0. The van der Waals surface area contributed by atoms with Crippen LogP contribution in [-0.4, -0.2) is 62.4 Å². The van der Waals surface area contributed by atoms with Gasteiger partial charge in [0.25, 0.3) is 0 Å². The van der Waals surface area contributed by atoms with Crippen molar-refractivity contribution in [3.63, 3.8) is 0 Å². The summed E-state index contributed by atoms with van der Waals surface area (Å²) in [6.45, 7) is 4.22.